The Morgan fingerprint density at radius 2 is 1.76 bits per heavy atom. The summed E-state index contributed by atoms with van der Waals surface area (Å²) in [5, 5.41) is 3.39. The molecule has 1 fully saturated rings. The standard InChI is InChI=1S/C16H11BrN2OS/c17-12-8-6-11(7-9-12)10-14-15(20)19-16(21-14)18-13-4-2-1-3-5-13/h1-10H,(H,18,19,20)/b14-10-. The van der Waals surface area contributed by atoms with E-state index in [0.29, 0.717) is 10.1 Å². The summed E-state index contributed by atoms with van der Waals surface area (Å²) in [6, 6.07) is 17.4. The molecule has 3 rings (SSSR count). The number of aliphatic imine (C=N–C) groups is 1. The molecule has 0 atom stereocenters. The van der Waals surface area contributed by atoms with Crippen molar-refractivity contribution in [1.82, 2.24) is 5.32 Å². The van der Waals surface area contributed by atoms with Gasteiger partial charge in [-0.25, -0.2) is 4.99 Å². The summed E-state index contributed by atoms with van der Waals surface area (Å²) in [5.74, 6) is -0.113. The van der Waals surface area contributed by atoms with Crippen LogP contribution in [-0.4, -0.2) is 11.1 Å². The second kappa shape index (κ2) is 6.28. The molecular weight excluding hydrogens is 348 g/mol. The zero-order chi connectivity index (χ0) is 14.7. The van der Waals surface area contributed by atoms with Crippen LogP contribution in [0.15, 0.2) is 69.0 Å². The zero-order valence-electron chi connectivity index (χ0n) is 10.9. The molecule has 1 N–H and O–H groups in total. The van der Waals surface area contributed by atoms with Gasteiger partial charge >= 0.3 is 0 Å². The fourth-order valence-electron chi connectivity index (χ4n) is 1.81. The number of benzene rings is 2. The Balaban J connectivity index is 1.82. The van der Waals surface area contributed by atoms with Gasteiger partial charge in [0.25, 0.3) is 5.91 Å². The second-order valence-electron chi connectivity index (χ2n) is 4.37. The van der Waals surface area contributed by atoms with Crippen LogP contribution in [-0.2, 0) is 4.79 Å². The molecule has 21 heavy (non-hydrogen) atoms. The molecule has 5 heteroatoms. The molecule has 104 valence electrons. The van der Waals surface area contributed by atoms with Crippen LogP contribution in [0.5, 0.6) is 0 Å². The third-order valence-corrected chi connectivity index (χ3v) is 4.24. The minimum atomic E-state index is -0.113. The summed E-state index contributed by atoms with van der Waals surface area (Å²) >= 11 is 4.74. The number of thioether (sulfide) groups is 1. The van der Waals surface area contributed by atoms with Crippen molar-refractivity contribution in [2.75, 3.05) is 0 Å². The number of hydrogen-bond acceptors (Lipinski definition) is 3. The number of amidine groups is 1. The molecule has 0 aliphatic carbocycles. The maximum atomic E-state index is 12.0. The Labute approximate surface area is 135 Å². The Kier molecular flexibility index (Phi) is 4.22. The van der Waals surface area contributed by atoms with Gasteiger partial charge in [-0.3, -0.25) is 4.79 Å². The number of rotatable bonds is 2. The van der Waals surface area contributed by atoms with E-state index in [9.17, 15) is 4.79 Å². The van der Waals surface area contributed by atoms with Crippen LogP contribution in [0.1, 0.15) is 5.56 Å². The van der Waals surface area contributed by atoms with Crippen LogP contribution < -0.4 is 5.32 Å². The Bertz CT molecular complexity index is 724. The topological polar surface area (TPSA) is 41.5 Å². The minimum absolute atomic E-state index is 0.113. The van der Waals surface area contributed by atoms with E-state index in [0.717, 1.165) is 15.7 Å². The van der Waals surface area contributed by atoms with Crippen LogP contribution in [0.4, 0.5) is 5.69 Å². The first-order valence-corrected chi connectivity index (χ1v) is 7.92. The zero-order valence-corrected chi connectivity index (χ0v) is 13.3. The highest BCUT2D eigenvalue weighted by Crippen LogP contribution is 2.28. The molecule has 0 unspecified atom stereocenters. The number of nitrogens with one attached hydrogen (secondary N) is 1. The van der Waals surface area contributed by atoms with Crippen molar-refractivity contribution in [2.45, 2.75) is 0 Å². The van der Waals surface area contributed by atoms with Crippen molar-refractivity contribution >= 4 is 50.5 Å². The SMILES string of the molecule is O=C1NC(=Nc2ccccc2)S/C1=C\c1ccc(Br)cc1. The molecule has 0 saturated carbocycles. The number of carbonyl (C=O) groups is 1. The Morgan fingerprint density at radius 1 is 1.05 bits per heavy atom. The van der Waals surface area contributed by atoms with Crippen molar-refractivity contribution in [2.24, 2.45) is 4.99 Å². The van der Waals surface area contributed by atoms with Gasteiger partial charge in [-0.2, -0.15) is 0 Å². The van der Waals surface area contributed by atoms with Gasteiger partial charge < -0.3 is 5.32 Å². The monoisotopic (exact) mass is 358 g/mol. The van der Waals surface area contributed by atoms with Crippen LogP contribution >= 0.6 is 27.7 Å². The predicted molar refractivity (Wildman–Crippen MR) is 91.4 cm³/mol. The second-order valence-corrected chi connectivity index (χ2v) is 6.32. The molecule has 1 aliphatic heterocycles. The van der Waals surface area contributed by atoms with Gasteiger partial charge in [-0.15, -0.1) is 0 Å². The highest BCUT2D eigenvalue weighted by atomic mass is 79.9. The van der Waals surface area contributed by atoms with E-state index in [1.165, 1.54) is 11.8 Å². The lowest BCUT2D eigenvalue weighted by atomic mass is 10.2. The van der Waals surface area contributed by atoms with E-state index < -0.39 is 0 Å². The molecule has 1 heterocycles. The van der Waals surface area contributed by atoms with Gasteiger partial charge in [-0.05, 0) is 47.7 Å². The van der Waals surface area contributed by atoms with Crippen LogP contribution in [0, 0.1) is 0 Å². The fourth-order valence-corrected chi connectivity index (χ4v) is 2.92. The lowest BCUT2D eigenvalue weighted by molar-refractivity contribution is -0.115. The van der Waals surface area contributed by atoms with E-state index in [1.54, 1.807) is 0 Å². The minimum Gasteiger partial charge on any atom is -0.300 e. The number of amides is 1. The van der Waals surface area contributed by atoms with Crippen molar-refractivity contribution in [3.63, 3.8) is 0 Å². The maximum absolute atomic E-state index is 12.0. The van der Waals surface area contributed by atoms with Crippen molar-refractivity contribution in [3.8, 4) is 0 Å². The number of para-hydroxylation sites is 1. The molecule has 3 nitrogen and oxygen atoms in total. The molecule has 1 saturated heterocycles. The number of carbonyl (C=O) groups excluding carboxylic acids is 1. The van der Waals surface area contributed by atoms with E-state index >= 15 is 0 Å². The molecule has 0 radical (unpaired) electrons. The van der Waals surface area contributed by atoms with Crippen LogP contribution in [0.3, 0.4) is 0 Å². The van der Waals surface area contributed by atoms with Gasteiger partial charge in [0.15, 0.2) is 5.17 Å². The molecule has 0 aromatic heterocycles. The smallest absolute Gasteiger partial charge is 0.264 e. The highest BCUT2D eigenvalue weighted by Gasteiger charge is 2.23. The number of halogens is 1. The normalized spacial score (nSPS) is 18.2. The largest absolute Gasteiger partial charge is 0.300 e. The van der Waals surface area contributed by atoms with Crippen molar-refractivity contribution < 1.29 is 4.79 Å². The maximum Gasteiger partial charge on any atom is 0.264 e. The van der Waals surface area contributed by atoms with E-state index in [1.807, 2.05) is 60.7 Å². The quantitative estimate of drug-likeness (QED) is 0.811. The highest BCUT2D eigenvalue weighted by molar-refractivity contribution is 9.10. The summed E-state index contributed by atoms with van der Waals surface area (Å²) in [7, 11) is 0. The summed E-state index contributed by atoms with van der Waals surface area (Å²) in [6.07, 6.45) is 1.86. The van der Waals surface area contributed by atoms with Gasteiger partial charge in [0.2, 0.25) is 0 Å². The first-order chi connectivity index (χ1) is 10.2. The average molecular weight is 359 g/mol. The van der Waals surface area contributed by atoms with Crippen LogP contribution in [0.2, 0.25) is 0 Å². The van der Waals surface area contributed by atoms with Gasteiger partial charge in [0.05, 0.1) is 10.6 Å². The molecular formula is C16H11BrN2OS. The van der Waals surface area contributed by atoms with E-state index in [4.69, 9.17) is 0 Å². The molecule has 2 aromatic carbocycles. The summed E-state index contributed by atoms with van der Waals surface area (Å²) in [6.45, 7) is 0. The first-order valence-electron chi connectivity index (χ1n) is 6.31. The Hall–Kier alpha value is -1.85. The predicted octanol–water partition coefficient (Wildman–Crippen LogP) is 4.34. The summed E-state index contributed by atoms with van der Waals surface area (Å²) in [5.41, 5.74) is 1.81. The molecule has 2 aromatic rings. The lowest BCUT2D eigenvalue weighted by Gasteiger charge is -1.95. The molecule has 1 amide bonds. The Morgan fingerprint density at radius 3 is 2.48 bits per heavy atom. The van der Waals surface area contributed by atoms with Crippen LogP contribution in [0.25, 0.3) is 6.08 Å². The van der Waals surface area contributed by atoms with E-state index in [-0.39, 0.29) is 5.91 Å². The molecule has 0 spiro atoms. The first kappa shape index (κ1) is 14.1. The lowest BCUT2D eigenvalue weighted by Crippen LogP contribution is -2.19. The third kappa shape index (κ3) is 3.62. The van der Waals surface area contributed by atoms with Crippen molar-refractivity contribution in [3.05, 3.63) is 69.5 Å². The van der Waals surface area contributed by atoms with E-state index in [2.05, 4.69) is 26.2 Å². The van der Waals surface area contributed by atoms with Crippen molar-refractivity contribution in [1.29, 1.82) is 0 Å². The van der Waals surface area contributed by atoms with Gasteiger partial charge in [0.1, 0.15) is 0 Å². The summed E-state index contributed by atoms with van der Waals surface area (Å²) < 4.78 is 1.01. The molecule has 1 aliphatic rings. The van der Waals surface area contributed by atoms with Gasteiger partial charge in [0, 0.05) is 4.47 Å². The van der Waals surface area contributed by atoms with Gasteiger partial charge in [-0.1, -0.05) is 46.3 Å². The fraction of sp³-hybridized carbons (Fsp3) is 0. The third-order valence-electron chi connectivity index (χ3n) is 2.81. The number of nitrogens with zero attached hydrogens (tertiary/aromatic N) is 1. The summed E-state index contributed by atoms with van der Waals surface area (Å²) in [4.78, 5) is 17.0. The molecule has 0 bridgehead atoms. The average Bonchev–Trinajstić information content (AvgIpc) is 2.82. The number of hydrogen-bond donors (Lipinski definition) is 1.